The molecule has 2 aromatic rings. The average Bonchev–Trinajstić information content (AvgIpc) is 3.32. The molecule has 0 bridgehead atoms. The Balaban J connectivity index is 0.000000250. The molecule has 6 rings (SSSR count). The Bertz CT molecular complexity index is 1390. The van der Waals surface area contributed by atoms with E-state index in [0.29, 0.717) is 11.8 Å². The maximum absolute atomic E-state index is 5.96. The van der Waals surface area contributed by atoms with Gasteiger partial charge in [0.25, 0.3) is 0 Å². The Morgan fingerprint density at radius 1 is 0.667 bits per heavy atom. The van der Waals surface area contributed by atoms with Crippen LogP contribution in [0, 0.1) is 12.2 Å². The van der Waals surface area contributed by atoms with Crippen LogP contribution in [0.15, 0.2) is 131 Å². The minimum atomic E-state index is 0. The molecule has 0 aromatic heterocycles. The number of benzene rings is 2. The van der Waals surface area contributed by atoms with Crippen molar-refractivity contribution in [2.75, 3.05) is 0 Å². The summed E-state index contributed by atoms with van der Waals surface area (Å²) in [6, 6.07) is 16.4. The van der Waals surface area contributed by atoms with Crippen molar-refractivity contribution in [3.8, 4) is 0 Å². The van der Waals surface area contributed by atoms with Gasteiger partial charge in [0.1, 0.15) is 0 Å². The molecule has 0 saturated carbocycles. The standard InChI is InChI=1S/2C17H14Cl.C2H6Si.2ClH.Hf/c2*1-12-10-14-4-2-3-5-16(17(14)11-12)13-6-8-15(18)9-7-13;1-3-2;;;/h2*2-4,6-9,11,16H,5H2,1H3;1-2H3;2*1H;/q2*-1;;;;+2/p-2/t16-;;;;;/m1...../s1. The number of hydrogen-bond donors (Lipinski definition) is 0. The van der Waals surface area contributed by atoms with Crippen molar-refractivity contribution >= 4 is 28.7 Å². The van der Waals surface area contributed by atoms with E-state index in [0.717, 1.165) is 22.9 Å². The van der Waals surface area contributed by atoms with E-state index in [2.05, 4.69) is 112 Å². The first kappa shape index (κ1) is 36.8. The van der Waals surface area contributed by atoms with Crippen LogP contribution >= 0.6 is 23.2 Å². The maximum Gasteiger partial charge on any atom is -1.00 e. The van der Waals surface area contributed by atoms with Crippen molar-refractivity contribution in [3.05, 3.63) is 164 Å². The van der Waals surface area contributed by atoms with Gasteiger partial charge in [0.2, 0.25) is 0 Å². The van der Waals surface area contributed by atoms with Crippen molar-refractivity contribution in [2.24, 2.45) is 0 Å². The van der Waals surface area contributed by atoms with E-state index in [9.17, 15) is 0 Å². The summed E-state index contributed by atoms with van der Waals surface area (Å²) in [4.78, 5) is 0. The van der Waals surface area contributed by atoms with E-state index in [1.54, 1.807) is 0 Å². The van der Waals surface area contributed by atoms with Gasteiger partial charge in [0.05, 0.1) is 0 Å². The predicted octanol–water partition coefficient (Wildman–Crippen LogP) is 4.79. The van der Waals surface area contributed by atoms with Gasteiger partial charge in [-0.15, -0.1) is 47.6 Å². The fourth-order valence-corrected chi connectivity index (χ4v) is 5.40. The van der Waals surface area contributed by atoms with Gasteiger partial charge in [0.15, 0.2) is 0 Å². The summed E-state index contributed by atoms with van der Waals surface area (Å²) in [5.74, 6) is 0.828. The van der Waals surface area contributed by atoms with Crippen molar-refractivity contribution in [1.82, 2.24) is 0 Å². The average molecular weight is 815 g/mol. The van der Waals surface area contributed by atoms with Gasteiger partial charge in [-0.25, -0.2) is 0 Å². The Kier molecular flexibility index (Phi) is 15.6. The molecule has 0 radical (unpaired) electrons. The molecule has 4 aliphatic rings. The van der Waals surface area contributed by atoms with Crippen LogP contribution in [-0.4, -0.2) is 5.49 Å². The summed E-state index contributed by atoms with van der Waals surface area (Å²) in [6.07, 6.45) is 26.4. The first-order chi connectivity index (χ1) is 19.2. The first-order valence-electron chi connectivity index (χ1n) is 13.6. The number of rotatable bonds is 2. The molecule has 2 aromatic carbocycles. The van der Waals surface area contributed by atoms with E-state index in [4.69, 9.17) is 23.2 Å². The molecule has 0 saturated heterocycles. The summed E-state index contributed by atoms with van der Waals surface area (Å²) in [5.41, 5.74) is 10.5. The quantitative estimate of drug-likeness (QED) is 0.303. The molecule has 6 heteroatoms. The molecular formula is C36H34Cl4HfSi-2. The fraction of sp³-hybridized carbons (Fsp3) is 0.222. The summed E-state index contributed by atoms with van der Waals surface area (Å²) in [6.45, 7) is 8.87. The van der Waals surface area contributed by atoms with Crippen molar-refractivity contribution < 1.29 is 47.8 Å². The SMILES string of the molecule is CC1=[C-]C2=CC=CCC(c3ccc(Cl)cc3)C2=C1.CC1=[C-]C2=CC=CC[C@H](c3ccc(Cl)cc3)C2=C1.C[Si](C)=[Hf+2].[Cl-].[Cl-]. The van der Waals surface area contributed by atoms with Crippen LogP contribution in [-0.2, 0) is 23.0 Å². The van der Waals surface area contributed by atoms with Crippen LogP contribution in [0.5, 0.6) is 0 Å². The molecule has 0 N–H and O–H groups in total. The molecule has 1 unspecified atom stereocenters. The number of hydrogen-bond acceptors (Lipinski definition) is 0. The van der Waals surface area contributed by atoms with Gasteiger partial charge in [-0.1, -0.05) is 73.5 Å². The summed E-state index contributed by atoms with van der Waals surface area (Å²) in [5, 5.41) is 1.58. The predicted molar refractivity (Wildman–Crippen MR) is 171 cm³/mol. The number of fused-ring (bicyclic) bond motifs is 2. The van der Waals surface area contributed by atoms with Gasteiger partial charge in [-0.2, -0.15) is 34.4 Å². The third kappa shape index (κ3) is 10.4. The molecule has 42 heavy (non-hydrogen) atoms. The van der Waals surface area contributed by atoms with Gasteiger partial charge in [0, 0.05) is 10.0 Å². The molecule has 4 aliphatic carbocycles. The number of halogens is 4. The van der Waals surface area contributed by atoms with Crippen LogP contribution in [0.1, 0.15) is 49.7 Å². The van der Waals surface area contributed by atoms with Gasteiger partial charge < -0.3 is 24.8 Å². The second-order valence-electron chi connectivity index (χ2n) is 10.5. The van der Waals surface area contributed by atoms with Crippen molar-refractivity contribution in [1.29, 1.82) is 0 Å². The monoisotopic (exact) mass is 814 g/mol. The van der Waals surface area contributed by atoms with E-state index >= 15 is 0 Å². The third-order valence-electron chi connectivity index (χ3n) is 6.87. The van der Waals surface area contributed by atoms with Crippen LogP contribution in [0.25, 0.3) is 0 Å². The zero-order chi connectivity index (χ0) is 28.6. The summed E-state index contributed by atoms with van der Waals surface area (Å²) < 4.78 is 0. The molecule has 0 nitrogen and oxygen atoms in total. The zero-order valence-corrected chi connectivity index (χ0v) is 31.9. The molecule has 0 spiro atoms. The Hall–Kier alpha value is -1.39. The third-order valence-corrected chi connectivity index (χ3v) is 7.37. The van der Waals surface area contributed by atoms with E-state index < -0.39 is 0 Å². The topological polar surface area (TPSA) is 0 Å². The molecule has 216 valence electrons. The Labute approximate surface area is 289 Å². The van der Waals surface area contributed by atoms with Crippen LogP contribution in [0.2, 0.25) is 23.1 Å². The minimum Gasteiger partial charge on any atom is -1.00 e. The van der Waals surface area contributed by atoms with Gasteiger partial charge in [-0.05, 0) is 60.1 Å². The van der Waals surface area contributed by atoms with E-state index in [-0.39, 0.29) is 30.3 Å². The molecule has 0 fully saturated rings. The molecule has 0 aliphatic heterocycles. The van der Waals surface area contributed by atoms with E-state index in [1.807, 2.05) is 24.3 Å². The molecule has 0 amide bonds. The molecule has 0 heterocycles. The maximum atomic E-state index is 5.96. The van der Waals surface area contributed by atoms with Crippen LogP contribution < -0.4 is 24.8 Å². The zero-order valence-electron chi connectivity index (χ0n) is 24.3. The Morgan fingerprint density at radius 3 is 1.33 bits per heavy atom. The smallest absolute Gasteiger partial charge is 1.00 e. The summed E-state index contributed by atoms with van der Waals surface area (Å²) in [7, 11) is 0. The second kappa shape index (κ2) is 17.8. The van der Waals surface area contributed by atoms with Gasteiger partial charge >= 0.3 is 41.6 Å². The van der Waals surface area contributed by atoms with E-state index in [1.165, 1.54) is 67.6 Å². The fourth-order valence-electron chi connectivity index (χ4n) is 5.15. The van der Waals surface area contributed by atoms with Crippen molar-refractivity contribution in [2.45, 2.75) is 51.6 Å². The number of allylic oxidation sites excluding steroid dienone is 16. The molecule has 2 atom stereocenters. The summed E-state index contributed by atoms with van der Waals surface area (Å²) >= 11 is 13.4. The van der Waals surface area contributed by atoms with Gasteiger partial charge in [-0.3, -0.25) is 0 Å². The van der Waals surface area contributed by atoms with Crippen LogP contribution in [0.4, 0.5) is 0 Å². The second-order valence-corrected chi connectivity index (χ2v) is 24.2. The first-order valence-corrected chi connectivity index (χ1v) is 22.3. The normalized spacial score (nSPS) is 19.4. The Morgan fingerprint density at radius 2 is 1.00 bits per heavy atom. The largest absolute Gasteiger partial charge is 1.00 e. The van der Waals surface area contributed by atoms with Crippen molar-refractivity contribution in [3.63, 3.8) is 0 Å². The molecular weight excluding hydrogens is 781 g/mol. The minimum absolute atomic E-state index is 0. The van der Waals surface area contributed by atoms with Crippen LogP contribution in [0.3, 0.4) is 0 Å².